The van der Waals surface area contributed by atoms with Crippen LogP contribution in [-0.4, -0.2) is 101 Å². The van der Waals surface area contributed by atoms with Crippen molar-refractivity contribution in [3.63, 3.8) is 0 Å². The van der Waals surface area contributed by atoms with Gasteiger partial charge in [0, 0.05) is 76.0 Å². The Morgan fingerprint density at radius 2 is 1.03 bits per heavy atom. The third kappa shape index (κ3) is 21.9. The summed E-state index contributed by atoms with van der Waals surface area (Å²) in [4.78, 5) is 72.4. The van der Waals surface area contributed by atoms with E-state index >= 15 is 0 Å². The molecule has 0 saturated heterocycles. The number of aliphatic hydroxyl groups is 1. The number of aryl methyl sites for hydroxylation is 2. The molecule has 21 nitrogen and oxygen atoms in total. The van der Waals surface area contributed by atoms with Crippen molar-refractivity contribution >= 4 is 77.9 Å². The molecule has 0 aliphatic carbocycles. The van der Waals surface area contributed by atoms with Crippen LogP contribution in [0.5, 0.6) is 23.0 Å². The van der Waals surface area contributed by atoms with Crippen molar-refractivity contribution in [2.75, 3.05) is 42.5 Å². The van der Waals surface area contributed by atoms with Gasteiger partial charge < -0.3 is 43.7 Å². The molecule has 516 valence electrons. The number of azo groups is 1. The number of nitro benzene ring substituents is 2. The number of non-ortho nitro benzene ring substituents is 2. The van der Waals surface area contributed by atoms with Crippen LogP contribution in [0.4, 0.5) is 32.3 Å². The van der Waals surface area contributed by atoms with Gasteiger partial charge in [-0.1, -0.05) is 98.8 Å². The van der Waals surface area contributed by atoms with E-state index in [2.05, 4.69) is 46.5 Å². The number of benzene rings is 6. The number of anilines is 2. The molecule has 4 heterocycles. The molecule has 4 aliphatic rings. The minimum absolute atomic E-state index is 0.000694. The highest BCUT2D eigenvalue weighted by atomic mass is 35.5. The second-order valence-corrected chi connectivity index (χ2v) is 26.3. The second kappa shape index (κ2) is 38.5. The Morgan fingerprint density at radius 1 is 0.615 bits per heavy atom. The first-order chi connectivity index (χ1) is 48.8. The summed E-state index contributed by atoms with van der Waals surface area (Å²) < 4.78 is 86.6. The standard InChI is InChI=1S/C26H23ClN2O5.C18H17NO3.C12H27P.C8H8ClNO3.C8H14N2O4/c1-33-24-13-22-18(6-7-20-11-19-4-2-3-5-23(19)28(20)26(22)30)12-25(24)34-15-17-8-16(14-27)9-21(10-17)29(31)32;1-22-17-10-14-11(9-16(17)20)6-7-13-8-12-4-2-3-5-15(12)19(13)18(14)21;1-4-7-10-13(11-8-5-2)12-9-6-3;9-4-6-1-7(5-11)3-8(2-6)10(12)13;1-5(2)13-7(11)9-10-8(12)14-6(3)4/h2-5,8-10,12-13,20H,6-7,11,14-15H2,1H3;2-5,9-10,13,20H,6-8H2,1H3;4-12H2,1-3H3;1-3,11H,4-5H2;5-6H,1-4H3/t20-;13-;;;/m11.../s1/i14D2,15D2;;;4D2,5D2;. The van der Waals surface area contributed by atoms with Crippen LogP contribution < -0.4 is 24.0 Å². The van der Waals surface area contributed by atoms with Gasteiger partial charge in [-0.25, -0.2) is 9.59 Å². The van der Waals surface area contributed by atoms with Crippen LogP contribution in [0.3, 0.4) is 0 Å². The SMILES string of the molecule is CC(C)OC(=O)N=NC(=O)OC(C)C.CCCCP(CCCC)CCCC.COc1cc2c(cc1O)CC[C@@H]1Cc3ccccc3N1C2=O.[2H]C([2H])(Cl)c1cc([N+](=O)[O-])cc(C([2H])([2H])Oc2cc3c(cc2OC)C(=O)N2c4ccccc4C[C@H]2CC3)c1.[2H]C([2H])(O)c1cc([N+](=O)[O-])cc(C([2H])([2H])Cl)c1. The zero-order chi connectivity index (χ0) is 77.2. The van der Waals surface area contributed by atoms with Crippen molar-refractivity contribution < 1.29 is 73.9 Å². The van der Waals surface area contributed by atoms with E-state index in [1.165, 1.54) is 64.4 Å². The molecule has 6 aromatic rings. The van der Waals surface area contributed by atoms with Gasteiger partial charge in [-0.3, -0.25) is 29.8 Å². The number of phenolic OH excluding ortho intramolecular Hbond substituents is 1. The number of halogens is 2. The summed E-state index contributed by atoms with van der Waals surface area (Å²) in [7, 11) is 3.29. The summed E-state index contributed by atoms with van der Waals surface area (Å²) in [6.45, 7) is 8.17. The average Bonchev–Trinajstić information content (AvgIpc) is 1.56. The molecule has 4 amide bonds. The van der Waals surface area contributed by atoms with E-state index in [4.69, 9.17) is 53.5 Å². The summed E-state index contributed by atoms with van der Waals surface area (Å²) >= 11 is 11.1. The molecule has 2 atom stereocenters. The van der Waals surface area contributed by atoms with Gasteiger partial charge in [0.15, 0.2) is 23.0 Å². The Morgan fingerprint density at radius 3 is 1.45 bits per heavy atom. The number of fused-ring (bicyclic) bond motifs is 8. The number of rotatable bonds is 21. The minimum Gasteiger partial charge on any atom is -0.504 e. The monoisotopic (exact) mass is 1390 g/mol. The average molecular weight is 1390 g/mol. The number of unbranched alkanes of at least 4 members (excludes halogenated alkanes) is 3. The minimum atomic E-state index is -2.80. The Hall–Kier alpha value is -8.23. The molecular weight excluding hydrogens is 1290 g/mol. The highest BCUT2D eigenvalue weighted by molar-refractivity contribution is 7.57. The van der Waals surface area contributed by atoms with Crippen molar-refractivity contribution in [1.82, 2.24) is 0 Å². The summed E-state index contributed by atoms with van der Waals surface area (Å²) in [6, 6.07) is 28.2. The van der Waals surface area contributed by atoms with Crippen LogP contribution in [-0.2, 0) is 59.9 Å². The van der Waals surface area contributed by atoms with Gasteiger partial charge in [0.25, 0.3) is 23.2 Å². The first-order valence-electron chi connectivity index (χ1n) is 35.7. The van der Waals surface area contributed by atoms with E-state index in [1.807, 2.05) is 52.3 Å². The van der Waals surface area contributed by atoms with E-state index in [0.717, 1.165) is 84.6 Å². The molecule has 10 rings (SSSR count). The molecule has 6 aromatic carbocycles. The molecule has 0 spiro atoms. The van der Waals surface area contributed by atoms with Gasteiger partial charge in [0.05, 0.1) is 48.3 Å². The number of nitro groups is 2. The molecular formula is C72H89Cl2N6O15P. The van der Waals surface area contributed by atoms with Gasteiger partial charge in [-0.15, -0.1) is 31.1 Å². The number of alkyl halides is 2. The topological polar surface area (TPSA) is 272 Å². The number of phenols is 1. The summed E-state index contributed by atoms with van der Waals surface area (Å²) in [6.07, 6.45) is 15.4. The van der Waals surface area contributed by atoms with Crippen LogP contribution in [0.2, 0.25) is 0 Å². The number of methoxy groups -OCH3 is 2. The van der Waals surface area contributed by atoms with Crippen molar-refractivity contribution in [3.05, 3.63) is 185 Å². The van der Waals surface area contributed by atoms with Crippen LogP contribution >= 0.6 is 31.1 Å². The number of hydrogen-bond donors (Lipinski definition) is 2. The summed E-state index contributed by atoms with van der Waals surface area (Å²) in [5, 5.41) is 47.1. The van der Waals surface area contributed by atoms with Crippen LogP contribution in [0, 0.1) is 20.2 Å². The molecule has 2 N–H and O–H groups in total. The second-order valence-electron chi connectivity index (χ2n) is 23.3. The van der Waals surface area contributed by atoms with Crippen molar-refractivity contribution in [2.45, 2.75) is 175 Å². The normalized spacial score (nSPS) is 16.5. The molecule has 0 radical (unpaired) electrons. The number of amides is 4. The maximum absolute atomic E-state index is 13.6. The van der Waals surface area contributed by atoms with E-state index in [-0.39, 0.29) is 70.0 Å². The van der Waals surface area contributed by atoms with Crippen molar-refractivity contribution in [3.8, 4) is 23.0 Å². The predicted octanol–water partition coefficient (Wildman–Crippen LogP) is 17.6. The van der Waals surface area contributed by atoms with E-state index in [0.29, 0.717) is 43.2 Å². The number of hydrogen-bond acceptors (Lipinski definition) is 15. The van der Waals surface area contributed by atoms with Crippen LogP contribution in [0.15, 0.2) is 119 Å². The predicted molar refractivity (Wildman–Crippen MR) is 376 cm³/mol. The third-order valence-corrected chi connectivity index (χ3v) is 18.9. The number of para-hydroxylation sites is 2. The quantitative estimate of drug-likeness (QED) is 0.0223. The van der Waals surface area contributed by atoms with Crippen LogP contribution in [0.25, 0.3) is 0 Å². The zero-order valence-electron chi connectivity index (χ0n) is 63.4. The Bertz CT molecular complexity index is 3970. The van der Waals surface area contributed by atoms with E-state index < -0.39 is 63.8 Å². The molecule has 96 heavy (non-hydrogen) atoms. The van der Waals surface area contributed by atoms with Crippen LogP contribution in [0.1, 0.15) is 176 Å². The van der Waals surface area contributed by atoms with Gasteiger partial charge in [0.2, 0.25) is 0 Å². The summed E-state index contributed by atoms with van der Waals surface area (Å²) in [5.74, 6) is -4.46. The fourth-order valence-corrected chi connectivity index (χ4v) is 14.2. The molecule has 0 unspecified atom stereocenters. The summed E-state index contributed by atoms with van der Waals surface area (Å²) in [5.41, 5.74) is 4.51. The lowest BCUT2D eigenvalue weighted by Crippen LogP contribution is -2.36. The fraction of sp³-hybridized carbons (Fsp3) is 0.444. The lowest BCUT2D eigenvalue weighted by molar-refractivity contribution is -0.385. The number of carbonyl (C=O) groups is 4. The van der Waals surface area contributed by atoms with Crippen molar-refractivity contribution in [2.24, 2.45) is 10.2 Å². The van der Waals surface area contributed by atoms with Gasteiger partial charge in [-0.05, 0) is 185 Å². The molecule has 0 fully saturated rings. The zero-order valence-corrected chi connectivity index (χ0v) is 57.8. The molecule has 24 heteroatoms. The van der Waals surface area contributed by atoms with Gasteiger partial charge in [0.1, 0.15) is 6.56 Å². The largest absolute Gasteiger partial charge is 0.504 e. The maximum atomic E-state index is 13.6. The number of ether oxygens (including phenoxy) is 5. The number of aromatic hydroxyl groups is 1. The first-order valence-corrected chi connectivity index (χ1v) is 34.4. The van der Waals surface area contributed by atoms with E-state index in [1.54, 1.807) is 64.4 Å². The highest BCUT2D eigenvalue weighted by Gasteiger charge is 2.39. The highest BCUT2D eigenvalue weighted by Crippen LogP contribution is 2.43. The number of carbonyl (C=O) groups excluding carboxylic acids is 4. The molecule has 0 bridgehead atoms. The molecule has 0 saturated carbocycles. The van der Waals surface area contributed by atoms with E-state index in [9.17, 15) is 44.5 Å². The van der Waals surface area contributed by atoms with Crippen molar-refractivity contribution in [1.29, 1.82) is 0 Å². The first kappa shape index (κ1) is 65.1. The maximum Gasteiger partial charge on any atom is 0.452 e. The van der Waals surface area contributed by atoms with Gasteiger partial charge >= 0.3 is 12.2 Å². The Balaban J connectivity index is 0.000000220. The number of nitrogens with zero attached hydrogens (tertiary/aromatic N) is 6. The smallest absolute Gasteiger partial charge is 0.452 e. The Kier molecular flexibility index (Phi) is 26.1. The lowest BCUT2D eigenvalue weighted by Gasteiger charge is -2.23. The lowest BCUT2D eigenvalue weighted by atomic mass is 9.99. The molecule has 4 aliphatic heterocycles. The van der Waals surface area contributed by atoms with Gasteiger partial charge in [-0.2, -0.15) is 0 Å². The Labute approximate surface area is 584 Å². The fourth-order valence-electron chi connectivity index (χ4n) is 11.1. The third-order valence-electron chi connectivity index (χ3n) is 15.6. The molecule has 0 aromatic heterocycles.